The van der Waals surface area contributed by atoms with Gasteiger partial charge in [0.15, 0.2) is 18.1 Å². The lowest BCUT2D eigenvalue weighted by molar-refractivity contribution is -0.136. The van der Waals surface area contributed by atoms with E-state index in [-0.39, 0.29) is 6.61 Å². The van der Waals surface area contributed by atoms with Crippen molar-refractivity contribution in [1.29, 1.82) is 0 Å². The van der Waals surface area contributed by atoms with Crippen molar-refractivity contribution < 1.29 is 28.6 Å². The summed E-state index contributed by atoms with van der Waals surface area (Å²) in [5.41, 5.74) is 3.60. The van der Waals surface area contributed by atoms with Crippen molar-refractivity contribution >= 4 is 62.8 Å². The molecular formula is C27H26BrClN4O6. The first-order valence-electron chi connectivity index (χ1n) is 11.7. The molecule has 3 N–H and O–H groups in total. The number of ether oxygens (including phenoxy) is 3. The number of amides is 3. The number of halogens is 2. The number of carbonyl (C=O) groups excluding carboxylic acids is 3. The van der Waals surface area contributed by atoms with E-state index >= 15 is 0 Å². The minimum atomic E-state index is -0.951. The Labute approximate surface area is 238 Å². The highest BCUT2D eigenvalue weighted by molar-refractivity contribution is 9.10. The van der Waals surface area contributed by atoms with Gasteiger partial charge in [-0.1, -0.05) is 30.7 Å². The normalized spacial score (nSPS) is 10.6. The molecule has 0 saturated heterocycles. The fourth-order valence-electron chi connectivity index (χ4n) is 3.10. The number of para-hydroxylation sites is 1. The third kappa shape index (κ3) is 9.01. The van der Waals surface area contributed by atoms with Gasteiger partial charge in [-0.2, -0.15) is 5.10 Å². The maximum absolute atomic E-state index is 12.3. The number of nitrogens with zero attached hydrogens (tertiary/aromatic N) is 1. The SMILES string of the molecule is CCCOc1ccc(NC(=O)C(=O)N/N=C\c2cc(Br)c(OCC(=O)Nc3ccccc3Cl)c(OC)c2)cc1. The van der Waals surface area contributed by atoms with Crippen LogP contribution < -0.4 is 30.3 Å². The lowest BCUT2D eigenvalue weighted by Gasteiger charge is -2.14. The monoisotopic (exact) mass is 616 g/mol. The number of hydrogen-bond acceptors (Lipinski definition) is 7. The fourth-order valence-corrected chi connectivity index (χ4v) is 3.86. The minimum absolute atomic E-state index is 0.290. The predicted molar refractivity (Wildman–Crippen MR) is 153 cm³/mol. The molecule has 10 nitrogen and oxygen atoms in total. The molecule has 0 aliphatic rings. The van der Waals surface area contributed by atoms with Crippen LogP contribution in [0, 0.1) is 0 Å². The summed E-state index contributed by atoms with van der Waals surface area (Å²) in [4.78, 5) is 36.6. The van der Waals surface area contributed by atoms with Crippen molar-refractivity contribution in [3.05, 3.63) is 75.7 Å². The van der Waals surface area contributed by atoms with E-state index in [1.54, 1.807) is 60.7 Å². The van der Waals surface area contributed by atoms with Crippen molar-refractivity contribution in [3.63, 3.8) is 0 Å². The molecule has 12 heteroatoms. The molecule has 0 aliphatic heterocycles. The highest BCUT2D eigenvalue weighted by Crippen LogP contribution is 2.36. The summed E-state index contributed by atoms with van der Waals surface area (Å²) < 4.78 is 17.0. The predicted octanol–water partition coefficient (Wildman–Crippen LogP) is 5.01. The highest BCUT2D eigenvalue weighted by atomic mass is 79.9. The second-order valence-electron chi connectivity index (χ2n) is 7.88. The topological polar surface area (TPSA) is 127 Å². The summed E-state index contributed by atoms with van der Waals surface area (Å²) in [5.74, 6) is -0.975. The molecule has 0 heterocycles. The van der Waals surface area contributed by atoms with Gasteiger partial charge in [-0.3, -0.25) is 14.4 Å². The van der Waals surface area contributed by atoms with Gasteiger partial charge in [0.1, 0.15) is 5.75 Å². The lowest BCUT2D eigenvalue weighted by Crippen LogP contribution is -2.32. The van der Waals surface area contributed by atoms with Gasteiger partial charge in [0.25, 0.3) is 5.91 Å². The number of benzene rings is 3. The largest absolute Gasteiger partial charge is 0.494 e. The first kappa shape index (κ1) is 29.5. The van der Waals surface area contributed by atoms with E-state index in [1.165, 1.54) is 13.3 Å². The van der Waals surface area contributed by atoms with Crippen LogP contribution in [-0.2, 0) is 14.4 Å². The van der Waals surface area contributed by atoms with Crippen molar-refractivity contribution in [2.45, 2.75) is 13.3 Å². The van der Waals surface area contributed by atoms with Crippen molar-refractivity contribution in [2.75, 3.05) is 31.0 Å². The minimum Gasteiger partial charge on any atom is -0.494 e. The second kappa shape index (κ2) is 14.7. The molecule has 39 heavy (non-hydrogen) atoms. The van der Waals surface area contributed by atoms with Crippen LogP contribution in [0.25, 0.3) is 0 Å². The van der Waals surface area contributed by atoms with Crippen LogP contribution in [0.15, 0.2) is 70.2 Å². The zero-order valence-electron chi connectivity index (χ0n) is 21.1. The molecular weight excluding hydrogens is 592 g/mol. The molecule has 0 saturated carbocycles. The highest BCUT2D eigenvalue weighted by Gasteiger charge is 2.15. The molecule has 0 aromatic heterocycles. The second-order valence-corrected chi connectivity index (χ2v) is 9.14. The van der Waals surface area contributed by atoms with E-state index in [2.05, 4.69) is 37.1 Å². The smallest absolute Gasteiger partial charge is 0.329 e. The Hall–Kier alpha value is -4.09. The zero-order valence-corrected chi connectivity index (χ0v) is 23.5. The van der Waals surface area contributed by atoms with E-state index < -0.39 is 17.7 Å². The summed E-state index contributed by atoms with van der Waals surface area (Å²) in [6, 6.07) is 16.7. The molecule has 0 aliphatic carbocycles. The Bertz CT molecular complexity index is 1350. The average molecular weight is 618 g/mol. The lowest BCUT2D eigenvalue weighted by atomic mass is 10.2. The van der Waals surface area contributed by atoms with Gasteiger partial charge in [-0.05, 0) is 76.4 Å². The number of hydrazone groups is 1. The molecule has 0 spiro atoms. The van der Waals surface area contributed by atoms with Crippen molar-refractivity contribution in [2.24, 2.45) is 5.10 Å². The molecule has 3 amide bonds. The third-order valence-electron chi connectivity index (χ3n) is 4.92. The van der Waals surface area contributed by atoms with Gasteiger partial charge >= 0.3 is 11.8 Å². The molecule has 0 fully saturated rings. The zero-order chi connectivity index (χ0) is 28.2. The Balaban J connectivity index is 1.54. The molecule has 0 radical (unpaired) electrons. The van der Waals surface area contributed by atoms with Crippen LogP contribution >= 0.6 is 27.5 Å². The maximum Gasteiger partial charge on any atom is 0.329 e. The molecule has 0 atom stereocenters. The van der Waals surface area contributed by atoms with Crippen LogP contribution in [-0.4, -0.2) is 44.3 Å². The molecule has 0 unspecified atom stereocenters. The molecule has 3 aromatic carbocycles. The molecule has 3 rings (SSSR count). The Morgan fingerprint density at radius 3 is 2.44 bits per heavy atom. The summed E-state index contributed by atoms with van der Waals surface area (Å²) >= 11 is 9.45. The first-order chi connectivity index (χ1) is 18.8. The number of nitrogens with one attached hydrogen (secondary N) is 3. The van der Waals surface area contributed by atoms with Crippen LogP contribution in [0.5, 0.6) is 17.2 Å². The van der Waals surface area contributed by atoms with Crippen molar-refractivity contribution in [1.82, 2.24) is 5.43 Å². The number of methoxy groups -OCH3 is 1. The van der Waals surface area contributed by atoms with E-state index in [0.29, 0.717) is 50.3 Å². The number of rotatable bonds is 11. The van der Waals surface area contributed by atoms with Gasteiger partial charge in [-0.15, -0.1) is 0 Å². The van der Waals surface area contributed by atoms with Gasteiger partial charge in [0, 0.05) is 5.69 Å². The quantitative estimate of drug-likeness (QED) is 0.158. The number of carbonyl (C=O) groups is 3. The Kier molecular flexibility index (Phi) is 11.1. The van der Waals surface area contributed by atoms with Crippen LogP contribution in [0.4, 0.5) is 11.4 Å². The Morgan fingerprint density at radius 1 is 1.00 bits per heavy atom. The van der Waals surface area contributed by atoms with E-state index in [1.807, 2.05) is 6.92 Å². The summed E-state index contributed by atoms with van der Waals surface area (Å²) in [7, 11) is 1.44. The average Bonchev–Trinajstić information content (AvgIpc) is 2.93. The van der Waals surface area contributed by atoms with E-state index in [4.69, 9.17) is 25.8 Å². The van der Waals surface area contributed by atoms with Gasteiger partial charge in [0.05, 0.1) is 35.1 Å². The maximum atomic E-state index is 12.3. The summed E-state index contributed by atoms with van der Waals surface area (Å²) in [5, 5.41) is 9.39. The van der Waals surface area contributed by atoms with Gasteiger partial charge < -0.3 is 24.8 Å². The first-order valence-corrected chi connectivity index (χ1v) is 12.9. The molecule has 3 aromatic rings. The summed E-state index contributed by atoms with van der Waals surface area (Å²) in [6.07, 6.45) is 2.21. The van der Waals surface area contributed by atoms with Crippen LogP contribution in [0.2, 0.25) is 5.02 Å². The van der Waals surface area contributed by atoms with Crippen LogP contribution in [0.3, 0.4) is 0 Å². The number of anilines is 2. The molecule has 0 bridgehead atoms. The van der Waals surface area contributed by atoms with E-state index in [9.17, 15) is 14.4 Å². The molecule has 204 valence electrons. The fraction of sp³-hybridized carbons (Fsp3) is 0.185. The summed E-state index contributed by atoms with van der Waals surface area (Å²) in [6.45, 7) is 2.29. The standard InChI is InChI=1S/C27H26BrClN4O6/c1-3-12-38-19-10-8-18(9-11-19)31-26(35)27(36)33-30-15-17-13-20(28)25(23(14-17)37-2)39-16-24(34)32-22-7-5-4-6-21(22)29/h4-11,13-15H,3,12,16H2,1-2H3,(H,31,35)(H,32,34)(H,33,36)/b30-15-. The Morgan fingerprint density at radius 2 is 1.74 bits per heavy atom. The third-order valence-corrected chi connectivity index (χ3v) is 5.84. The van der Waals surface area contributed by atoms with Crippen molar-refractivity contribution in [3.8, 4) is 17.2 Å². The van der Waals surface area contributed by atoms with Crippen LogP contribution in [0.1, 0.15) is 18.9 Å². The van der Waals surface area contributed by atoms with Gasteiger partial charge in [-0.25, -0.2) is 5.43 Å². The van der Waals surface area contributed by atoms with E-state index in [0.717, 1.165) is 6.42 Å². The van der Waals surface area contributed by atoms with Gasteiger partial charge in [0.2, 0.25) is 0 Å². The number of hydrogen-bond donors (Lipinski definition) is 3.